The summed E-state index contributed by atoms with van der Waals surface area (Å²) < 4.78 is 5.46. The number of ether oxygens (including phenoxy) is 1. The number of allylic oxidation sites excluding steroid dienone is 3. The summed E-state index contributed by atoms with van der Waals surface area (Å²) in [7, 11) is 0. The summed E-state index contributed by atoms with van der Waals surface area (Å²) >= 11 is 0. The average Bonchev–Trinajstić information content (AvgIpc) is 3.22. The Morgan fingerprint density at radius 1 is 0.466 bits per heavy atom. The number of hydrogen-bond acceptors (Lipinski definition) is 5. The highest BCUT2D eigenvalue weighted by atomic mass is 16.5. The highest BCUT2D eigenvalue weighted by Gasteiger charge is 2.18. The molecular formula is C52H99NO5. The minimum absolute atomic E-state index is 0.00690. The summed E-state index contributed by atoms with van der Waals surface area (Å²) in [5, 5.41) is 23.0. The predicted molar refractivity (Wildman–Crippen MR) is 250 cm³/mol. The molecule has 1 amide bonds. The van der Waals surface area contributed by atoms with E-state index in [-0.39, 0.29) is 18.5 Å². The second-order valence-corrected chi connectivity index (χ2v) is 17.5. The van der Waals surface area contributed by atoms with Crippen LogP contribution in [-0.4, -0.2) is 47.4 Å². The van der Waals surface area contributed by atoms with Crippen LogP contribution in [0.3, 0.4) is 0 Å². The lowest BCUT2D eigenvalue weighted by atomic mass is 10.0. The molecule has 3 N–H and O–H groups in total. The van der Waals surface area contributed by atoms with E-state index in [9.17, 15) is 19.8 Å². The third kappa shape index (κ3) is 43.9. The van der Waals surface area contributed by atoms with Crippen molar-refractivity contribution in [2.75, 3.05) is 13.2 Å². The molecule has 0 aliphatic rings. The van der Waals surface area contributed by atoms with Crippen LogP contribution in [-0.2, 0) is 14.3 Å². The molecule has 0 radical (unpaired) electrons. The SMILES string of the molecule is CCCCCCC/C=C\CCCCCCCC(=O)OCCCCCCCCCCCCCCCCCCC(=O)NC(CO)C(O)/C=C/CCCCCCCCCCC. The molecule has 0 aliphatic carbocycles. The highest BCUT2D eigenvalue weighted by molar-refractivity contribution is 5.76. The van der Waals surface area contributed by atoms with Gasteiger partial charge in [0.1, 0.15) is 0 Å². The van der Waals surface area contributed by atoms with E-state index in [0.29, 0.717) is 19.4 Å². The maximum Gasteiger partial charge on any atom is 0.305 e. The summed E-state index contributed by atoms with van der Waals surface area (Å²) in [6.45, 7) is 4.86. The number of aliphatic hydroxyl groups is 2. The zero-order chi connectivity index (χ0) is 42.3. The molecule has 0 rings (SSSR count). The van der Waals surface area contributed by atoms with Gasteiger partial charge in [-0.2, -0.15) is 0 Å². The van der Waals surface area contributed by atoms with Crippen LogP contribution in [0.1, 0.15) is 271 Å². The largest absolute Gasteiger partial charge is 0.466 e. The summed E-state index contributed by atoms with van der Waals surface area (Å²) in [6.07, 6.45) is 56.0. The molecule has 342 valence electrons. The second-order valence-electron chi connectivity index (χ2n) is 17.5. The molecule has 2 unspecified atom stereocenters. The second kappa shape index (κ2) is 48.0. The van der Waals surface area contributed by atoms with Crippen LogP contribution in [0.4, 0.5) is 0 Å². The van der Waals surface area contributed by atoms with Crippen molar-refractivity contribution in [1.82, 2.24) is 5.32 Å². The minimum Gasteiger partial charge on any atom is -0.466 e. The van der Waals surface area contributed by atoms with Gasteiger partial charge in [0.2, 0.25) is 5.91 Å². The van der Waals surface area contributed by atoms with Gasteiger partial charge in [-0.3, -0.25) is 9.59 Å². The van der Waals surface area contributed by atoms with Crippen LogP contribution in [0, 0.1) is 0 Å². The minimum atomic E-state index is -0.847. The van der Waals surface area contributed by atoms with Crippen LogP contribution in [0.15, 0.2) is 24.3 Å². The number of carbonyl (C=O) groups is 2. The van der Waals surface area contributed by atoms with Gasteiger partial charge in [0.25, 0.3) is 0 Å². The van der Waals surface area contributed by atoms with E-state index in [0.717, 1.165) is 44.9 Å². The van der Waals surface area contributed by atoms with E-state index in [4.69, 9.17) is 4.74 Å². The van der Waals surface area contributed by atoms with Gasteiger partial charge in [-0.1, -0.05) is 224 Å². The van der Waals surface area contributed by atoms with E-state index in [1.54, 1.807) is 6.08 Å². The smallest absolute Gasteiger partial charge is 0.305 e. The van der Waals surface area contributed by atoms with E-state index in [2.05, 4.69) is 31.3 Å². The first kappa shape index (κ1) is 56.3. The quantitative estimate of drug-likeness (QED) is 0.0323. The molecule has 0 aromatic carbocycles. The first-order valence-electron chi connectivity index (χ1n) is 25.6. The van der Waals surface area contributed by atoms with Gasteiger partial charge in [0, 0.05) is 12.8 Å². The van der Waals surface area contributed by atoms with Gasteiger partial charge >= 0.3 is 5.97 Å². The standard InChI is InChI=1S/C52H99NO5/c1-3-5-7-9-11-13-15-16-22-26-30-34-38-42-46-52(57)58-47-43-39-35-31-27-23-20-18-17-19-21-25-29-33-37-41-45-51(56)53-49(48-54)50(55)44-40-36-32-28-24-14-12-10-8-6-4-2/h15-16,40,44,49-50,54-55H,3-14,17-39,41-43,45-48H2,1-2H3,(H,53,56)/b16-15-,44-40+. The number of hydrogen-bond donors (Lipinski definition) is 3. The Hall–Kier alpha value is -1.66. The van der Waals surface area contributed by atoms with Gasteiger partial charge in [-0.05, 0) is 57.8 Å². The molecule has 0 bridgehead atoms. The Bertz CT molecular complexity index is 904. The summed E-state index contributed by atoms with van der Waals surface area (Å²) in [5.41, 5.74) is 0. The van der Waals surface area contributed by atoms with Crippen molar-refractivity contribution in [2.24, 2.45) is 0 Å². The molecule has 58 heavy (non-hydrogen) atoms. The molecule has 2 atom stereocenters. The fourth-order valence-corrected chi connectivity index (χ4v) is 7.74. The lowest BCUT2D eigenvalue weighted by Gasteiger charge is -2.20. The molecule has 0 aromatic rings. The first-order chi connectivity index (χ1) is 28.5. The van der Waals surface area contributed by atoms with Crippen molar-refractivity contribution in [1.29, 1.82) is 0 Å². The average molecular weight is 818 g/mol. The van der Waals surface area contributed by atoms with Gasteiger partial charge in [0.15, 0.2) is 0 Å². The molecule has 0 aliphatic heterocycles. The Morgan fingerprint density at radius 2 is 0.810 bits per heavy atom. The van der Waals surface area contributed by atoms with E-state index < -0.39 is 12.1 Å². The Balaban J connectivity index is 3.44. The van der Waals surface area contributed by atoms with Crippen LogP contribution in [0.5, 0.6) is 0 Å². The van der Waals surface area contributed by atoms with Crippen molar-refractivity contribution in [3.63, 3.8) is 0 Å². The van der Waals surface area contributed by atoms with Crippen LogP contribution >= 0.6 is 0 Å². The topological polar surface area (TPSA) is 95.9 Å². The van der Waals surface area contributed by atoms with E-state index in [1.807, 2.05) is 6.08 Å². The number of nitrogens with one attached hydrogen (secondary N) is 1. The molecule has 0 saturated carbocycles. The molecule has 0 fully saturated rings. The molecule has 6 heteroatoms. The van der Waals surface area contributed by atoms with E-state index in [1.165, 1.54) is 199 Å². The lowest BCUT2D eigenvalue weighted by molar-refractivity contribution is -0.143. The summed E-state index contributed by atoms with van der Waals surface area (Å²) in [5.74, 6) is -0.0834. The third-order valence-electron chi connectivity index (χ3n) is 11.7. The number of unbranched alkanes of at least 4 members (excludes halogenated alkanes) is 34. The number of rotatable bonds is 47. The normalized spacial score (nSPS) is 12.8. The maximum atomic E-state index is 12.4. The number of amides is 1. The molecule has 0 heterocycles. The molecule has 6 nitrogen and oxygen atoms in total. The van der Waals surface area contributed by atoms with Crippen LogP contribution < -0.4 is 5.32 Å². The predicted octanol–water partition coefficient (Wildman–Crippen LogP) is 15.1. The van der Waals surface area contributed by atoms with Crippen molar-refractivity contribution < 1.29 is 24.5 Å². The van der Waals surface area contributed by atoms with Crippen LogP contribution in [0.25, 0.3) is 0 Å². The number of esters is 1. The number of aliphatic hydroxyl groups excluding tert-OH is 2. The van der Waals surface area contributed by atoms with Gasteiger partial charge in [0.05, 0.1) is 25.4 Å². The molecule has 0 aromatic heterocycles. The summed E-state index contributed by atoms with van der Waals surface area (Å²) in [4.78, 5) is 24.4. The van der Waals surface area contributed by atoms with Gasteiger partial charge < -0.3 is 20.3 Å². The monoisotopic (exact) mass is 818 g/mol. The highest BCUT2D eigenvalue weighted by Crippen LogP contribution is 2.16. The molecular weight excluding hydrogens is 719 g/mol. The zero-order valence-electron chi connectivity index (χ0n) is 38.8. The van der Waals surface area contributed by atoms with Crippen molar-refractivity contribution >= 4 is 11.9 Å². The Kier molecular flexibility index (Phi) is 46.6. The zero-order valence-corrected chi connectivity index (χ0v) is 38.8. The van der Waals surface area contributed by atoms with E-state index >= 15 is 0 Å². The third-order valence-corrected chi connectivity index (χ3v) is 11.7. The van der Waals surface area contributed by atoms with Crippen LogP contribution in [0.2, 0.25) is 0 Å². The first-order valence-corrected chi connectivity index (χ1v) is 25.6. The van der Waals surface area contributed by atoms with Crippen molar-refractivity contribution in [2.45, 2.75) is 283 Å². The molecule has 0 saturated heterocycles. The van der Waals surface area contributed by atoms with Crippen molar-refractivity contribution in [3.05, 3.63) is 24.3 Å². The maximum absolute atomic E-state index is 12.4. The fraction of sp³-hybridized carbons (Fsp3) is 0.885. The summed E-state index contributed by atoms with van der Waals surface area (Å²) in [6, 6.07) is -0.631. The molecule has 0 spiro atoms. The van der Waals surface area contributed by atoms with Gasteiger partial charge in [-0.15, -0.1) is 0 Å². The lowest BCUT2D eigenvalue weighted by Crippen LogP contribution is -2.45. The van der Waals surface area contributed by atoms with Crippen molar-refractivity contribution in [3.8, 4) is 0 Å². The fourth-order valence-electron chi connectivity index (χ4n) is 7.74. The van der Waals surface area contributed by atoms with Gasteiger partial charge in [-0.25, -0.2) is 0 Å². The number of carbonyl (C=O) groups excluding carboxylic acids is 2. The Morgan fingerprint density at radius 3 is 1.22 bits per heavy atom. The Labute approximate surface area is 361 Å².